The molecule has 3 N–H and O–H groups in total. The number of aliphatic imine (C=N–C) groups is 1. The Kier molecular flexibility index (Phi) is 10.5. The normalized spacial score (nSPS) is 11.8. The lowest BCUT2D eigenvalue weighted by atomic mass is 10.1. The number of nitrogens with zero attached hydrogens (tertiary/aromatic N) is 1. The zero-order valence-electron chi connectivity index (χ0n) is 14.7. The van der Waals surface area contributed by atoms with Gasteiger partial charge in [0.2, 0.25) is 5.91 Å². The fraction of sp³-hybridized carbons (Fsp3) is 0.500. The van der Waals surface area contributed by atoms with Gasteiger partial charge in [-0.25, -0.2) is 4.39 Å². The summed E-state index contributed by atoms with van der Waals surface area (Å²) in [6.07, 6.45) is -4.45. The van der Waals surface area contributed by atoms with Crippen LogP contribution in [0, 0.1) is 5.82 Å². The standard InChI is InChI=1S/C16H22F4N4O.HI/c1-10(2)24-14(25)6-7-22-15(21-3)23-9-11-4-5-12(17)8-13(11)16(18,19)20;/h4-5,8,10H,6-7,9H2,1-3H3,(H,24,25)(H2,21,22,23);1H. The van der Waals surface area contributed by atoms with E-state index in [1.165, 1.54) is 7.05 Å². The third-order valence-corrected chi connectivity index (χ3v) is 3.14. The zero-order chi connectivity index (χ0) is 19.0. The first kappa shape index (κ1) is 24.4. The van der Waals surface area contributed by atoms with E-state index in [1.807, 2.05) is 13.8 Å². The molecule has 0 fully saturated rings. The van der Waals surface area contributed by atoms with Crippen molar-refractivity contribution in [2.75, 3.05) is 13.6 Å². The molecule has 0 radical (unpaired) electrons. The average Bonchev–Trinajstić information content (AvgIpc) is 2.49. The molecule has 5 nitrogen and oxygen atoms in total. The summed E-state index contributed by atoms with van der Waals surface area (Å²) in [5.41, 5.74) is -1.14. The molecule has 148 valence electrons. The van der Waals surface area contributed by atoms with Crippen molar-refractivity contribution in [2.45, 2.75) is 39.0 Å². The largest absolute Gasteiger partial charge is 0.416 e. The van der Waals surface area contributed by atoms with Gasteiger partial charge >= 0.3 is 6.18 Å². The molecule has 0 saturated carbocycles. The number of benzene rings is 1. The van der Waals surface area contributed by atoms with Gasteiger partial charge in [-0.3, -0.25) is 9.79 Å². The number of carbonyl (C=O) groups excluding carboxylic acids is 1. The van der Waals surface area contributed by atoms with Gasteiger partial charge in [0.1, 0.15) is 5.82 Å². The van der Waals surface area contributed by atoms with E-state index in [-0.39, 0.29) is 67.0 Å². The SMILES string of the molecule is CN=C(NCCC(=O)NC(C)C)NCc1ccc(F)cc1C(F)(F)F.I. The highest BCUT2D eigenvalue weighted by Crippen LogP contribution is 2.32. The number of nitrogens with one attached hydrogen (secondary N) is 3. The number of hydrogen-bond acceptors (Lipinski definition) is 2. The molecule has 1 aromatic carbocycles. The third kappa shape index (κ3) is 8.68. The Balaban J connectivity index is 0.00000625. The van der Waals surface area contributed by atoms with Gasteiger partial charge in [-0.05, 0) is 31.5 Å². The van der Waals surface area contributed by atoms with Gasteiger partial charge in [0, 0.05) is 32.6 Å². The maximum Gasteiger partial charge on any atom is 0.416 e. The summed E-state index contributed by atoms with van der Waals surface area (Å²) >= 11 is 0. The quantitative estimate of drug-likeness (QED) is 0.249. The number of amides is 1. The Morgan fingerprint density at radius 1 is 1.23 bits per heavy atom. The molecule has 0 aliphatic rings. The van der Waals surface area contributed by atoms with E-state index in [0.717, 1.165) is 12.1 Å². The monoisotopic (exact) mass is 490 g/mol. The van der Waals surface area contributed by atoms with E-state index in [1.54, 1.807) is 0 Å². The lowest BCUT2D eigenvalue weighted by molar-refractivity contribution is -0.138. The van der Waals surface area contributed by atoms with Crippen molar-refractivity contribution in [2.24, 2.45) is 4.99 Å². The van der Waals surface area contributed by atoms with Crippen LogP contribution in [0.1, 0.15) is 31.4 Å². The Labute approximate surface area is 167 Å². The van der Waals surface area contributed by atoms with Crippen LogP contribution in [0.25, 0.3) is 0 Å². The molecule has 0 spiro atoms. The van der Waals surface area contributed by atoms with Crippen molar-refractivity contribution in [1.29, 1.82) is 0 Å². The Bertz CT molecular complexity index is 621. The van der Waals surface area contributed by atoms with Crippen molar-refractivity contribution in [3.8, 4) is 0 Å². The minimum Gasteiger partial charge on any atom is -0.356 e. The van der Waals surface area contributed by atoms with Crippen LogP contribution in [0.2, 0.25) is 0 Å². The second-order valence-electron chi connectivity index (χ2n) is 5.62. The Morgan fingerprint density at radius 3 is 2.42 bits per heavy atom. The highest BCUT2D eigenvalue weighted by atomic mass is 127. The predicted octanol–water partition coefficient (Wildman–Crippen LogP) is 3.04. The Hall–Kier alpha value is -1.59. The molecule has 0 unspecified atom stereocenters. The van der Waals surface area contributed by atoms with Crippen molar-refractivity contribution < 1.29 is 22.4 Å². The number of alkyl halides is 3. The van der Waals surface area contributed by atoms with Gasteiger partial charge in [0.05, 0.1) is 5.56 Å². The molecule has 0 heterocycles. The fourth-order valence-electron chi connectivity index (χ4n) is 2.05. The zero-order valence-corrected chi connectivity index (χ0v) is 17.0. The number of guanidine groups is 1. The van der Waals surface area contributed by atoms with Crippen LogP contribution in [0.4, 0.5) is 17.6 Å². The first-order valence-electron chi connectivity index (χ1n) is 7.73. The third-order valence-electron chi connectivity index (χ3n) is 3.14. The van der Waals surface area contributed by atoms with E-state index >= 15 is 0 Å². The molecule has 1 aromatic rings. The summed E-state index contributed by atoms with van der Waals surface area (Å²) < 4.78 is 51.9. The highest BCUT2D eigenvalue weighted by Gasteiger charge is 2.33. The molecule has 0 aliphatic carbocycles. The molecule has 0 aromatic heterocycles. The summed E-state index contributed by atoms with van der Waals surface area (Å²) in [5.74, 6) is -0.847. The second kappa shape index (κ2) is 11.2. The summed E-state index contributed by atoms with van der Waals surface area (Å²) in [5, 5.41) is 8.28. The van der Waals surface area contributed by atoms with Crippen LogP contribution in [0.15, 0.2) is 23.2 Å². The molecule has 1 rings (SSSR count). The highest BCUT2D eigenvalue weighted by molar-refractivity contribution is 14.0. The topological polar surface area (TPSA) is 65.5 Å². The molecular weight excluding hydrogens is 467 g/mol. The van der Waals surface area contributed by atoms with Crippen LogP contribution in [0.3, 0.4) is 0 Å². The lowest BCUT2D eigenvalue weighted by Crippen LogP contribution is -2.40. The summed E-state index contributed by atoms with van der Waals surface area (Å²) in [7, 11) is 1.46. The maximum absolute atomic E-state index is 13.1. The van der Waals surface area contributed by atoms with E-state index in [9.17, 15) is 22.4 Å². The smallest absolute Gasteiger partial charge is 0.356 e. The first-order valence-corrected chi connectivity index (χ1v) is 7.73. The molecule has 26 heavy (non-hydrogen) atoms. The van der Waals surface area contributed by atoms with Crippen LogP contribution in [0.5, 0.6) is 0 Å². The van der Waals surface area contributed by atoms with E-state index in [4.69, 9.17) is 0 Å². The molecule has 1 amide bonds. The molecule has 0 aliphatic heterocycles. The van der Waals surface area contributed by atoms with E-state index in [2.05, 4.69) is 20.9 Å². The predicted molar refractivity (Wildman–Crippen MR) is 103 cm³/mol. The van der Waals surface area contributed by atoms with E-state index in [0.29, 0.717) is 6.07 Å². The molecule has 0 atom stereocenters. The van der Waals surface area contributed by atoms with Crippen LogP contribution >= 0.6 is 24.0 Å². The van der Waals surface area contributed by atoms with Gasteiger partial charge in [-0.1, -0.05) is 6.07 Å². The van der Waals surface area contributed by atoms with Crippen molar-refractivity contribution in [3.05, 3.63) is 35.1 Å². The van der Waals surface area contributed by atoms with Crippen LogP contribution < -0.4 is 16.0 Å². The summed E-state index contributed by atoms with van der Waals surface area (Å²) in [6.45, 7) is 3.76. The second-order valence-corrected chi connectivity index (χ2v) is 5.62. The first-order chi connectivity index (χ1) is 11.6. The lowest BCUT2D eigenvalue weighted by Gasteiger charge is -2.16. The van der Waals surface area contributed by atoms with Gasteiger partial charge in [0.15, 0.2) is 5.96 Å². The molecule has 10 heteroatoms. The molecule has 0 saturated heterocycles. The Morgan fingerprint density at radius 2 is 1.88 bits per heavy atom. The fourth-order valence-corrected chi connectivity index (χ4v) is 2.05. The number of hydrogen-bond donors (Lipinski definition) is 3. The van der Waals surface area contributed by atoms with Crippen LogP contribution in [-0.4, -0.2) is 31.5 Å². The van der Waals surface area contributed by atoms with Crippen molar-refractivity contribution >= 4 is 35.8 Å². The van der Waals surface area contributed by atoms with Gasteiger partial charge in [-0.2, -0.15) is 13.2 Å². The van der Waals surface area contributed by atoms with Gasteiger partial charge in [0.25, 0.3) is 0 Å². The van der Waals surface area contributed by atoms with Crippen molar-refractivity contribution in [3.63, 3.8) is 0 Å². The van der Waals surface area contributed by atoms with Gasteiger partial charge in [-0.15, -0.1) is 24.0 Å². The number of rotatable bonds is 6. The van der Waals surface area contributed by atoms with Crippen LogP contribution in [-0.2, 0) is 17.5 Å². The average molecular weight is 490 g/mol. The maximum atomic E-state index is 13.1. The molecular formula is C16H23F4IN4O. The number of halogens is 5. The van der Waals surface area contributed by atoms with Gasteiger partial charge < -0.3 is 16.0 Å². The summed E-state index contributed by atoms with van der Waals surface area (Å²) in [4.78, 5) is 15.4. The minimum atomic E-state index is -4.65. The minimum absolute atomic E-state index is 0. The molecule has 0 bridgehead atoms. The summed E-state index contributed by atoms with van der Waals surface area (Å²) in [6, 6.07) is 2.54. The van der Waals surface area contributed by atoms with E-state index < -0.39 is 17.6 Å². The van der Waals surface area contributed by atoms with Crippen molar-refractivity contribution in [1.82, 2.24) is 16.0 Å². The number of carbonyl (C=O) groups is 1.